The van der Waals surface area contributed by atoms with Crippen molar-refractivity contribution in [3.8, 4) is 0 Å². The van der Waals surface area contributed by atoms with Gasteiger partial charge in [-0.05, 0) is 31.1 Å². The average molecular weight is 213 g/mol. The van der Waals surface area contributed by atoms with Crippen LogP contribution in [0.3, 0.4) is 0 Å². The van der Waals surface area contributed by atoms with Crippen LogP contribution in [0.2, 0.25) is 0 Å². The maximum atomic E-state index is 9.31. The van der Waals surface area contributed by atoms with Gasteiger partial charge < -0.3 is 10.4 Å². The standard InChI is InChI=1S/C13H27NO/c1-10(2)7-13(9-15)14-12-6-4-5-11(3)8-12/h10-15H,4-9H2,1-3H3. The molecule has 0 saturated heterocycles. The van der Waals surface area contributed by atoms with Crippen LogP contribution < -0.4 is 5.32 Å². The number of hydrogen-bond donors (Lipinski definition) is 2. The van der Waals surface area contributed by atoms with Crippen molar-refractivity contribution in [2.45, 2.75) is 65.0 Å². The van der Waals surface area contributed by atoms with E-state index in [9.17, 15) is 5.11 Å². The number of aliphatic hydroxyl groups excluding tert-OH is 1. The fourth-order valence-electron chi connectivity index (χ4n) is 2.68. The van der Waals surface area contributed by atoms with Crippen molar-refractivity contribution < 1.29 is 5.11 Å². The lowest BCUT2D eigenvalue weighted by Gasteiger charge is -2.31. The van der Waals surface area contributed by atoms with Gasteiger partial charge in [0.05, 0.1) is 6.61 Å². The van der Waals surface area contributed by atoms with Gasteiger partial charge in [0.2, 0.25) is 0 Å². The van der Waals surface area contributed by atoms with Gasteiger partial charge in [0.25, 0.3) is 0 Å². The fraction of sp³-hybridized carbons (Fsp3) is 1.00. The van der Waals surface area contributed by atoms with Gasteiger partial charge in [-0.1, -0.05) is 33.6 Å². The molecule has 90 valence electrons. The van der Waals surface area contributed by atoms with Crippen LogP contribution in [0.1, 0.15) is 52.9 Å². The van der Waals surface area contributed by atoms with Crippen LogP contribution in [0.15, 0.2) is 0 Å². The van der Waals surface area contributed by atoms with E-state index < -0.39 is 0 Å². The Labute approximate surface area is 94.5 Å². The summed E-state index contributed by atoms with van der Waals surface area (Å²) in [7, 11) is 0. The molecule has 2 nitrogen and oxygen atoms in total. The third-order valence-corrected chi connectivity index (χ3v) is 3.38. The van der Waals surface area contributed by atoms with Gasteiger partial charge >= 0.3 is 0 Å². The normalized spacial score (nSPS) is 29.4. The fourth-order valence-corrected chi connectivity index (χ4v) is 2.68. The third-order valence-electron chi connectivity index (χ3n) is 3.38. The minimum atomic E-state index is 0.281. The second kappa shape index (κ2) is 6.49. The molecule has 1 saturated carbocycles. The number of rotatable bonds is 5. The third kappa shape index (κ3) is 4.98. The molecule has 0 amide bonds. The van der Waals surface area contributed by atoms with Crippen LogP contribution in [-0.2, 0) is 0 Å². The van der Waals surface area contributed by atoms with Crippen molar-refractivity contribution in [3.05, 3.63) is 0 Å². The van der Waals surface area contributed by atoms with Crippen molar-refractivity contribution in [2.75, 3.05) is 6.61 Å². The number of hydrogen-bond acceptors (Lipinski definition) is 2. The Bertz CT molecular complexity index is 168. The molecule has 0 bridgehead atoms. The van der Waals surface area contributed by atoms with Crippen molar-refractivity contribution in [2.24, 2.45) is 11.8 Å². The molecule has 1 aliphatic rings. The van der Waals surface area contributed by atoms with E-state index in [4.69, 9.17) is 0 Å². The first-order valence-electron chi connectivity index (χ1n) is 6.48. The minimum Gasteiger partial charge on any atom is -0.395 e. The molecule has 3 unspecified atom stereocenters. The zero-order valence-electron chi connectivity index (χ0n) is 10.5. The molecule has 0 spiro atoms. The smallest absolute Gasteiger partial charge is 0.0584 e. The van der Waals surface area contributed by atoms with Crippen LogP contribution in [-0.4, -0.2) is 23.8 Å². The van der Waals surface area contributed by atoms with E-state index in [2.05, 4.69) is 26.1 Å². The summed E-state index contributed by atoms with van der Waals surface area (Å²) in [5.41, 5.74) is 0. The first kappa shape index (κ1) is 13.0. The largest absolute Gasteiger partial charge is 0.395 e. The van der Waals surface area contributed by atoms with Crippen LogP contribution in [0.5, 0.6) is 0 Å². The summed E-state index contributed by atoms with van der Waals surface area (Å²) in [6.07, 6.45) is 6.39. The van der Waals surface area contributed by atoms with Gasteiger partial charge in [-0.2, -0.15) is 0 Å². The van der Waals surface area contributed by atoms with E-state index in [1.54, 1.807) is 0 Å². The highest BCUT2D eigenvalue weighted by atomic mass is 16.3. The summed E-state index contributed by atoms with van der Waals surface area (Å²) in [5.74, 6) is 1.52. The Morgan fingerprint density at radius 3 is 2.60 bits per heavy atom. The summed E-state index contributed by atoms with van der Waals surface area (Å²) in [6, 6.07) is 0.949. The predicted octanol–water partition coefficient (Wildman–Crippen LogP) is 2.56. The lowest BCUT2D eigenvalue weighted by molar-refractivity contribution is 0.191. The van der Waals surface area contributed by atoms with Crippen LogP contribution in [0.25, 0.3) is 0 Å². The Balaban J connectivity index is 2.30. The molecule has 1 aliphatic carbocycles. The molecule has 0 aromatic heterocycles. The van der Waals surface area contributed by atoms with Crippen molar-refractivity contribution >= 4 is 0 Å². The van der Waals surface area contributed by atoms with Crippen molar-refractivity contribution in [1.82, 2.24) is 5.32 Å². The van der Waals surface area contributed by atoms with Crippen LogP contribution in [0, 0.1) is 11.8 Å². The topological polar surface area (TPSA) is 32.3 Å². The number of nitrogens with one attached hydrogen (secondary N) is 1. The van der Waals surface area contributed by atoms with Gasteiger partial charge in [0.15, 0.2) is 0 Å². The lowest BCUT2D eigenvalue weighted by Crippen LogP contribution is -2.43. The second-order valence-electron chi connectivity index (χ2n) is 5.64. The van der Waals surface area contributed by atoms with Gasteiger partial charge in [0, 0.05) is 12.1 Å². The van der Waals surface area contributed by atoms with Gasteiger partial charge in [-0.15, -0.1) is 0 Å². The Kier molecular flexibility index (Phi) is 5.62. The van der Waals surface area contributed by atoms with Crippen molar-refractivity contribution in [1.29, 1.82) is 0 Å². The first-order chi connectivity index (χ1) is 7.11. The summed E-state index contributed by atoms with van der Waals surface area (Å²) in [6.45, 7) is 7.05. The highest BCUT2D eigenvalue weighted by Gasteiger charge is 2.21. The monoisotopic (exact) mass is 213 g/mol. The Morgan fingerprint density at radius 2 is 2.07 bits per heavy atom. The molecule has 0 radical (unpaired) electrons. The zero-order valence-corrected chi connectivity index (χ0v) is 10.5. The molecule has 2 heteroatoms. The van der Waals surface area contributed by atoms with Crippen LogP contribution in [0.4, 0.5) is 0 Å². The maximum Gasteiger partial charge on any atom is 0.0584 e. The second-order valence-corrected chi connectivity index (χ2v) is 5.64. The van der Waals surface area contributed by atoms with E-state index >= 15 is 0 Å². The molecule has 15 heavy (non-hydrogen) atoms. The van der Waals surface area contributed by atoms with E-state index in [1.165, 1.54) is 25.7 Å². The molecule has 0 aliphatic heterocycles. The number of aliphatic hydroxyl groups is 1. The first-order valence-corrected chi connectivity index (χ1v) is 6.48. The van der Waals surface area contributed by atoms with E-state index in [0.717, 1.165) is 12.3 Å². The zero-order chi connectivity index (χ0) is 11.3. The maximum absolute atomic E-state index is 9.31. The summed E-state index contributed by atoms with van der Waals surface area (Å²) in [4.78, 5) is 0. The molecule has 0 heterocycles. The van der Waals surface area contributed by atoms with E-state index in [1.807, 2.05) is 0 Å². The molecular weight excluding hydrogens is 186 g/mol. The van der Waals surface area contributed by atoms with Gasteiger partial charge in [0.1, 0.15) is 0 Å². The lowest BCUT2D eigenvalue weighted by atomic mass is 9.86. The highest BCUT2D eigenvalue weighted by molar-refractivity contribution is 4.80. The van der Waals surface area contributed by atoms with Gasteiger partial charge in [-0.25, -0.2) is 0 Å². The SMILES string of the molecule is CC(C)CC(CO)NC1CCCC(C)C1. The van der Waals surface area contributed by atoms with Crippen molar-refractivity contribution in [3.63, 3.8) is 0 Å². The molecule has 0 aromatic carbocycles. The highest BCUT2D eigenvalue weighted by Crippen LogP contribution is 2.24. The molecule has 1 fully saturated rings. The summed E-state index contributed by atoms with van der Waals surface area (Å²) in [5, 5.41) is 12.9. The Hall–Kier alpha value is -0.0800. The predicted molar refractivity (Wildman–Crippen MR) is 64.9 cm³/mol. The quantitative estimate of drug-likeness (QED) is 0.735. The minimum absolute atomic E-state index is 0.281. The van der Waals surface area contributed by atoms with E-state index in [0.29, 0.717) is 18.0 Å². The van der Waals surface area contributed by atoms with Gasteiger partial charge in [-0.3, -0.25) is 0 Å². The molecule has 3 atom stereocenters. The molecule has 0 aromatic rings. The molecular formula is C13H27NO. The Morgan fingerprint density at radius 1 is 1.33 bits per heavy atom. The molecule has 2 N–H and O–H groups in total. The van der Waals surface area contributed by atoms with E-state index in [-0.39, 0.29) is 6.61 Å². The molecule has 1 rings (SSSR count). The van der Waals surface area contributed by atoms with Crippen LogP contribution >= 0.6 is 0 Å². The summed E-state index contributed by atoms with van der Waals surface area (Å²) >= 11 is 0. The average Bonchev–Trinajstić information content (AvgIpc) is 2.16. The summed E-state index contributed by atoms with van der Waals surface area (Å²) < 4.78 is 0.